The standard InChI is InChI=1S/C14H20N6O/c1-4-5-20-7-10(6-17-20)12-11(9(2)3)13(21)19-14(18-12)16-8-15/h6-9H,4-5H2,1-3H3,(H3,15,16,18,19,21). The molecule has 0 unspecified atom stereocenters. The van der Waals surface area contributed by atoms with Crippen LogP contribution in [0.25, 0.3) is 11.3 Å². The monoisotopic (exact) mass is 288 g/mol. The molecule has 21 heavy (non-hydrogen) atoms. The van der Waals surface area contributed by atoms with Crippen molar-refractivity contribution >= 4 is 12.3 Å². The summed E-state index contributed by atoms with van der Waals surface area (Å²) in [6.07, 6.45) is 5.72. The third-order valence-corrected chi connectivity index (χ3v) is 3.08. The van der Waals surface area contributed by atoms with Gasteiger partial charge in [0.2, 0.25) is 5.95 Å². The van der Waals surface area contributed by atoms with E-state index in [1.165, 1.54) is 0 Å². The second-order valence-electron chi connectivity index (χ2n) is 5.08. The molecule has 0 bridgehead atoms. The van der Waals surface area contributed by atoms with Gasteiger partial charge in [0.1, 0.15) is 0 Å². The summed E-state index contributed by atoms with van der Waals surface area (Å²) < 4.78 is 1.84. The van der Waals surface area contributed by atoms with Crippen LogP contribution in [0.15, 0.2) is 22.2 Å². The number of aryl methyl sites for hydroxylation is 1. The highest BCUT2D eigenvalue weighted by Gasteiger charge is 2.17. The first-order valence-corrected chi connectivity index (χ1v) is 6.98. The van der Waals surface area contributed by atoms with E-state index in [1.54, 1.807) is 6.20 Å². The molecule has 0 saturated carbocycles. The van der Waals surface area contributed by atoms with Crippen molar-refractivity contribution in [3.8, 4) is 11.3 Å². The average molecular weight is 288 g/mol. The molecule has 0 aliphatic carbocycles. The summed E-state index contributed by atoms with van der Waals surface area (Å²) in [5, 5.41) is 4.29. The minimum atomic E-state index is -0.196. The van der Waals surface area contributed by atoms with E-state index in [9.17, 15) is 4.79 Å². The Kier molecular flexibility index (Phi) is 4.52. The van der Waals surface area contributed by atoms with Crippen LogP contribution in [0.4, 0.5) is 5.95 Å². The second-order valence-corrected chi connectivity index (χ2v) is 5.08. The Labute approximate surface area is 122 Å². The Morgan fingerprint density at radius 2 is 2.29 bits per heavy atom. The summed E-state index contributed by atoms with van der Waals surface area (Å²) >= 11 is 0. The van der Waals surface area contributed by atoms with Gasteiger partial charge in [-0.15, -0.1) is 0 Å². The zero-order chi connectivity index (χ0) is 15.4. The summed E-state index contributed by atoms with van der Waals surface area (Å²) in [7, 11) is 0. The first-order chi connectivity index (χ1) is 10.1. The molecule has 2 heterocycles. The van der Waals surface area contributed by atoms with Crippen LogP contribution >= 0.6 is 0 Å². The van der Waals surface area contributed by atoms with Crippen LogP contribution in [-0.4, -0.2) is 26.1 Å². The largest absolute Gasteiger partial charge is 0.390 e. The lowest BCUT2D eigenvalue weighted by molar-refractivity contribution is 0.603. The molecule has 0 aliphatic rings. The van der Waals surface area contributed by atoms with E-state index in [0.717, 1.165) is 24.9 Å². The van der Waals surface area contributed by atoms with Gasteiger partial charge in [-0.1, -0.05) is 20.8 Å². The zero-order valence-electron chi connectivity index (χ0n) is 12.5. The Balaban J connectivity index is 2.60. The molecule has 0 aromatic carbocycles. The molecule has 2 aromatic heterocycles. The van der Waals surface area contributed by atoms with Gasteiger partial charge >= 0.3 is 0 Å². The molecule has 112 valence electrons. The maximum Gasteiger partial charge on any atom is 0.256 e. The van der Waals surface area contributed by atoms with Gasteiger partial charge in [-0.3, -0.25) is 14.5 Å². The third kappa shape index (κ3) is 3.18. The smallest absolute Gasteiger partial charge is 0.256 e. The van der Waals surface area contributed by atoms with E-state index in [2.05, 4.69) is 27.0 Å². The maximum absolute atomic E-state index is 12.2. The fourth-order valence-electron chi connectivity index (χ4n) is 2.20. The Morgan fingerprint density at radius 3 is 2.90 bits per heavy atom. The highest BCUT2D eigenvalue weighted by molar-refractivity contribution is 5.64. The minimum absolute atomic E-state index is 0.0432. The fraction of sp³-hybridized carbons (Fsp3) is 0.429. The van der Waals surface area contributed by atoms with Gasteiger partial charge in [-0.2, -0.15) is 5.10 Å². The summed E-state index contributed by atoms with van der Waals surface area (Å²) in [6, 6.07) is 0. The number of nitrogens with zero attached hydrogens (tertiary/aromatic N) is 4. The molecule has 0 atom stereocenters. The maximum atomic E-state index is 12.2. The number of hydrogen-bond acceptors (Lipinski definition) is 4. The van der Waals surface area contributed by atoms with Gasteiger partial charge in [-0.05, 0) is 12.3 Å². The molecule has 2 aromatic rings. The fourth-order valence-corrected chi connectivity index (χ4v) is 2.20. The van der Waals surface area contributed by atoms with Gasteiger partial charge in [-0.25, -0.2) is 9.98 Å². The van der Waals surface area contributed by atoms with Gasteiger partial charge < -0.3 is 5.73 Å². The van der Waals surface area contributed by atoms with Crippen LogP contribution in [0.3, 0.4) is 0 Å². The lowest BCUT2D eigenvalue weighted by atomic mass is 10.0. The number of rotatable bonds is 5. The van der Waals surface area contributed by atoms with Crippen molar-refractivity contribution < 1.29 is 0 Å². The predicted octanol–water partition coefficient (Wildman–Crippen LogP) is 1.79. The Hall–Kier alpha value is -2.44. The van der Waals surface area contributed by atoms with E-state index in [4.69, 9.17) is 5.73 Å². The Morgan fingerprint density at radius 1 is 1.52 bits per heavy atom. The molecule has 0 amide bonds. The van der Waals surface area contributed by atoms with E-state index >= 15 is 0 Å². The SMILES string of the molecule is CCCn1cc(-c2nc(N=CN)[nH]c(=O)c2C(C)C)cn1. The van der Waals surface area contributed by atoms with E-state index in [0.29, 0.717) is 11.3 Å². The van der Waals surface area contributed by atoms with Crippen molar-refractivity contribution in [2.24, 2.45) is 10.7 Å². The zero-order valence-corrected chi connectivity index (χ0v) is 12.5. The van der Waals surface area contributed by atoms with E-state index < -0.39 is 0 Å². The van der Waals surface area contributed by atoms with E-state index in [1.807, 2.05) is 24.7 Å². The van der Waals surface area contributed by atoms with Crippen molar-refractivity contribution in [1.29, 1.82) is 0 Å². The molecular formula is C14H20N6O. The van der Waals surface area contributed by atoms with Crippen molar-refractivity contribution in [1.82, 2.24) is 19.7 Å². The van der Waals surface area contributed by atoms with Crippen molar-refractivity contribution in [3.05, 3.63) is 28.3 Å². The lowest BCUT2D eigenvalue weighted by Gasteiger charge is -2.09. The van der Waals surface area contributed by atoms with Crippen LogP contribution in [-0.2, 0) is 6.54 Å². The molecule has 7 heteroatoms. The van der Waals surface area contributed by atoms with Crippen molar-refractivity contribution in [2.75, 3.05) is 0 Å². The number of aromatic amines is 1. The minimum Gasteiger partial charge on any atom is -0.390 e. The highest BCUT2D eigenvalue weighted by atomic mass is 16.1. The number of aromatic nitrogens is 4. The first kappa shape index (κ1) is 15.0. The van der Waals surface area contributed by atoms with Gasteiger partial charge in [0, 0.05) is 23.9 Å². The van der Waals surface area contributed by atoms with Gasteiger partial charge in [0.25, 0.3) is 5.56 Å². The molecule has 0 saturated heterocycles. The molecule has 0 aliphatic heterocycles. The van der Waals surface area contributed by atoms with Crippen molar-refractivity contribution in [3.63, 3.8) is 0 Å². The Bertz CT molecular complexity index is 698. The summed E-state index contributed by atoms with van der Waals surface area (Å²) in [6.45, 7) is 6.82. The molecule has 0 radical (unpaired) electrons. The van der Waals surface area contributed by atoms with Gasteiger partial charge in [0.15, 0.2) is 0 Å². The number of aliphatic imine (C=N–C) groups is 1. The number of hydrogen-bond donors (Lipinski definition) is 2. The molecule has 0 spiro atoms. The first-order valence-electron chi connectivity index (χ1n) is 6.98. The van der Waals surface area contributed by atoms with Crippen LogP contribution in [0.1, 0.15) is 38.7 Å². The number of H-pyrrole nitrogens is 1. The summed E-state index contributed by atoms with van der Waals surface area (Å²) in [4.78, 5) is 23.1. The van der Waals surface area contributed by atoms with Crippen LogP contribution in [0, 0.1) is 0 Å². The third-order valence-electron chi connectivity index (χ3n) is 3.08. The van der Waals surface area contributed by atoms with Crippen LogP contribution < -0.4 is 11.3 Å². The normalized spacial score (nSPS) is 11.6. The number of nitrogens with one attached hydrogen (secondary N) is 1. The summed E-state index contributed by atoms with van der Waals surface area (Å²) in [5.41, 5.74) is 7.12. The predicted molar refractivity (Wildman–Crippen MR) is 82.8 cm³/mol. The molecule has 7 nitrogen and oxygen atoms in total. The average Bonchev–Trinajstić information content (AvgIpc) is 2.87. The second kappa shape index (κ2) is 6.34. The number of nitrogens with two attached hydrogens (primary N) is 1. The molecule has 0 fully saturated rings. The topological polar surface area (TPSA) is 102 Å². The van der Waals surface area contributed by atoms with Crippen LogP contribution in [0.2, 0.25) is 0 Å². The van der Waals surface area contributed by atoms with Crippen molar-refractivity contribution in [2.45, 2.75) is 39.7 Å². The highest BCUT2D eigenvalue weighted by Crippen LogP contribution is 2.25. The summed E-state index contributed by atoms with van der Waals surface area (Å²) in [5.74, 6) is 0.242. The lowest BCUT2D eigenvalue weighted by Crippen LogP contribution is -2.17. The molecular weight excluding hydrogens is 268 g/mol. The quantitative estimate of drug-likeness (QED) is 0.646. The van der Waals surface area contributed by atoms with E-state index in [-0.39, 0.29) is 17.4 Å². The molecule has 2 rings (SSSR count). The van der Waals surface area contributed by atoms with Gasteiger partial charge in [0.05, 0.1) is 18.2 Å². The molecule has 3 N–H and O–H groups in total. The van der Waals surface area contributed by atoms with Crippen LogP contribution in [0.5, 0.6) is 0 Å².